The van der Waals surface area contributed by atoms with Crippen molar-refractivity contribution in [2.24, 2.45) is 0 Å². The molecule has 0 heterocycles. The Bertz CT molecular complexity index is 677. The van der Waals surface area contributed by atoms with E-state index in [4.69, 9.17) is 21.1 Å². The fourth-order valence-corrected chi connectivity index (χ4v) is 2.02. The van der Waals surface area contributed by atoms with Crippen molar-refractivity contribution in [1.82, 2.24) is 0 Å². The van der Waals surface area contributed by atoms with E-state index in [0.29, 0.717) is 27.9 Å². The van der Waals surface area contributed by atoms with E-state index in [2.05, 4.69) is 10.6 Å². The number of carbonyl (C=O) groups excluding carboxylic acids is 1. The molecule has 0 aromatic heterocycles. The van der Waals surface area contributed by atoms with Gasteiger partial charge < -0.3 is 20.1 Å². The Kier molecular flexibility index (Phi) is 5.06. The third kappa shape index (κ3) is 3.79. The van der Waals surface area contributed by atoms with Gasteiger partial charge in [-0.2, -0.15) is 0 Å². The fraction of sp³-hybridized carbons (Fsp3) is 0.133. The zero-order chi connectivity index (χ0) is 16.1. The molecule has 0 aliphatic rings. The van der Waals surface area contributed by atoms with Crippen LogP contribution in [0.4, 0.5) is 20.6 Å². The van der Waals surface area contributed by atoms with Crippen LogP contribution in [0.3, 0.4) is 0 Å². The number of anilines is 2. The first kappa shape index (κ1) is 15.9. The predicted octanol–water partition coefficient (Wildman–Crippen LogP) is 4.14. The Balaban J connectivity index is 2.14. The van der Waals surface area contributed by atoms with Crippen molar-refractivity contribution in [3.8, 4) is 11.5 Å². The second-order valence-electron chi connectivity index (χ2n) is 4.27. The molecule has 0 aliphatic carbocycles. The maximum absolute atomic E-state index is 12.8. The molecular formula is C15H14ClFN2O3. The maximum Gasteiger partial charge on any atom is 0.323 e. The van der Waals surface area contributed by atoms with Crippen molar-refractivity contribution in [3.63, 3.8) is 0 Å². The number of ether oxygens (including phenoxy) is 2. The molecule has 0 spiro atoms. The molecule has 0 aliphatic heterocycles. The van der Waals surface area contributed by atoms with Gasteiger partial charge in [-0.3, -0.25) is 0 Å². The van der Waals surface area contributed by atoms with Gasteiger partial charge in [0.1, 0.15) is 17.3 Å². The molecule has 0 atom stereocenters. The smallest absolute Gasteiger partial charge is 0.323 e. The van der Waals surface area contributed by atoms with E-state index in [9.17, 15) is 9.18 Å². The van der Waals surface area contributed by atoms with Crippen molar-refractivity contribution >= 4 is 29.0 Å². The van der Waals surface area contributed by atoms with Gasteiger partial charge in [-0.15, -0.1) is 0 Å². The Morgan fingerprint density at radius 1 is 1.05 bits per heavy atom. The number of hydrogen-bond acceptors (Lipinski definition) is 3. The summed E-state index contributed by atoms with van der Waals surface area (Å²) in [5.41, 5.74) is 0.838. The SMILES string of the molecule is COc1cc(OC)c(NC(=O)Nc2ccc(F)cc2)cc1Cl. The minimum atomic E-state index is -0.508. The summed E-state index contributed by atoms with van der Waals surface area (Å²) in [5.74, 6) is 0.452. The molecule has 22 heavy (non-hydrogen) atoms. The Hall–Kier alpha value is -2.47. The quantitative estimate of drug-likeness (QED) is 0.888. The highest BCUT2D eigenvalue weighted by Crippen LogP contribution is 2.35. The van der Waals surface area contributed by atoms with Gasteiger partial charge in [-0.25, -0.2) is 9.18 Å². The number of nitrogens with one attached hydrogen (secondary N) is 2. The van der Waals surface area contributed by atoms with Crippen molar-refractivity contribution in [2.75, 3.05) is 24.9 Å². The summed E-state index contributed by atoms with van der Waals surface area (Å²) in [6, 6.07) is 7.98. The minimum Gasteiger partial charge on any atom is -0.495 e. The fourth-order valence-electron chi connectivity index (χ4n) is 1.78. The standard InChI is InChI=1S/C15H14ClFN2O3/c1-21-13-8-14(22-2)12(7-11(13)16)19-15(20)18-10-5-3-9(17)4-6-10/h3-8H,1-2H3,(H2,18,19,20). The van der Waals surface area contributed by atoms with Gasteiger partial charge in [0.25, 0.3) is 0 Å². The predicted molar refractivity (Wildman–Crippen MR) is 83.6 cm³/mol. The van der Waals surface area contributed by atoms with E-state index in [1.165, 1.54) is 44.6 Å². The summed E-state index contributed by atoms with van der Waals surface area (Å²) in [5, 5.41) is 5.51. The lowest BCUT2D eigenvalue weighted by Gasteiger charge is -2.13. The maximum atomic E-state index is 12.8. The number of methoxy groups -OCH3 is 2. The molecule has 0 radical (unpaired) electrons. The molecule has 0 bridgehead atoms. The largest absolute Gasteiger partial charge is 0.495 e. The molecule has 2 N–H and O–H groups in total. The van der Waals surface area contributed by atoms with Crippen LogP contribution in [-0.2, 0) is 0 Å². The number of hydrogen-bond donors (Lipinski definition) is 2. The van der Waals surface area contributed by atoms with Crippen molar-refractivity contribution in [1.29, 1.82) is 0 Å². The van der Waals surface area contributed by atoms with Crippen LogP contribution in [0.25, 0.3) is 0 Å². The van der Waals surface area contributed by atoms with E-state index in [1.807, 2.05) is 0 Å². The third-order valence-electron chi connectivity index (χ3n) is 2.82. The summed E-state index contributed by atoms with van der Waals surface area (Å²) in [4.78, 5) is 12.0. The molecule has 0 fully saturated rings. The first-order valence-electron chi connectivity index (χ1n) is 6.28. The molecule has 2 rings (SSSR count). The van der Waals surface area contributed by atoms with Crippen LogP contribution in [0.15, 0.2) is 36.4 Å². The molecule has 116 valence electrons. The lowest BCUT2D eigenvalue weighted by molar-refractivity contribution is 0.262. The van der Waals surface area contributed by atoms with E-state index in [1.54, 1.807) is 6.07 Å². The Morgan fingerprint density at radius 2 is 1.68 bits per heavy atom. The first-order valence-corrected chi connectivity index (χ1v) is 6.66. The van der Waals surface area contributed by atoms with E-state index in [0.717, 1.165) is 0 Å². The lowest BCUT2D eigenvalue weighted by Crippen LogP contribution is -2.19. The van der Waals surface area contributed by atoms with E-state index in [-0.39, 0.29) is 5.82 Å². The van der Waals surface area contributed by atoms with Crippen molar-refractivity contribution in [2.45, 2.75) is 0 Å². The lowest BCUT2D eigenvalue weighted by atomic mass is 10.2. The van der Waals surface area contributed by atoms with E-state index >= 15 is 0 Å². The third-order valence-corrected chi connectivity index (χ3v) is 3.12. The number of rotatable bonds is 4. The van der Waals surface area contributed by atoms with Crippen LogP contribution in [0.5, 0.6) is 11.5 Å². The minimum absolute atomic E-state index is 0.334. The van der Waals surface area contributed by atoms with Gasteiger partial charge in [-0.05, 0) is 30.3 Å². The topological polar surface area (TPSA) is 59.6 Å². The number of carbonyl (C=O) groups is 1. The van der Waals surface area contributed by atoms with Crippen LogP contribution in [-0.4, -0.2) is 20.3 Å². The van der Waals surface area contributed by atoms with Crippen LogP contribution < -0.4 is 20.1 Å². The molecular weight excluding hydrogens is 311 g/mol. The monoisotopic (exact) mass is 324 g/mol. The van der Waals surface area contributed by atoms with Gasteiger partial charge >= 0.3 is 6.03 Å². The average molecular weight is 325 g/mol. The van der Waals surface area contributed by atoms with E-state index < -0.39 is 6.03 Å². The molecule has 0 saturated heterocycles. The van der Waals surface area contributed by atoms with Crippen LogP contribution in [0.1, 0.15) is 0 Å². The van der Waals surface area contributed by atoms with Gasteiger partial charge in [0.15, 0.2) is 0 Å². The zero-order valence-electron chi connectivity index (χ0n) is 11.9. The number of halogens is 2. The summed E-state index contributed by atoms with van der Waals surface area (Å²) in [6.45, 7) is 0. The van der Waals surface area contributed by atoms with Gasteiger partial charge in [0.05, 0.1) is 24.9 Å². The van der Waals surface area contributed by atoms with Crippen molar-refractivity contribution < 1.29 is 18.7 Å². The van der Waals surface area contributed by atoms with Gasteiger partial charge in [0.2, 0.25) is 0 Å². The molecule has 7 heteroatoms. The normalized spacial score (nSPS) is 10.0. The Morgan fingerprint density at radius 3 is 2.27 bits per heavy atom. The molecule has 0 saturated carbocycles. The van der Waals surface area contributed by atoms with Gasteiger partial charge in [0, 0.05) is 11.8 Å². The number of amides is 2. The summed E-state index contributed by atoms with van der Waals surface area (Å²) >= 11 is 6.03. The van der Waals surface area contributed by atoms with Crippen LogP contribution >= 0.6 is 11.6 Å². The molecule has 2 amide bonds. The summed E-state index contributed by atoms with van der Waals surface area (Å²) in [6.07, 6.45) is 0. The summed E-state index contributed by atoms with van der Waals surface area (Å²) in [7, 11) is 2.95. The van der Waals surface area contributed by atoms with Gasteiger partial charge in [-0.1, -0.05) is 11.6 Å². The summed E-state index contributed by atoms with van der Waals surface area (Å²) < 4.78 is 23.1. The zero-order valence-corrected chi connectivity index (χ0v) is 12.7. The highest BCUT2D eigenvalue weighted by Gasteiger charge is 2.12. The number of urea groups is 1. The van der Waals surface area contributed by atoms with Crippen LogP contribution in [0, 0.1) is 5.82 Å². The second-order valence-corrected chi connectivity index (χ2v) is 4.68. The molecule has 5 nitrogen and oxygen atoms in total. The molecule has 2 aromatic carbocycles. The molecule has 2 aromatic rings. The Labute approximate surface area is 132 Å². The average Bonchev–Trinajstić information content (AvgIpc) is 2.50. The highest BCUT2D eigenvalue weighted by molar-refractivity contribution is 6.32. The van der Waals surface area contributed by atoms with Crippen molar-refractivity contribution in [3.05, 3.63) is 47.2 Å². The number of benzene rings is 2. The second kappa shape index (κ2) is 7.00. The van der Waals surface area contributed by atoms with Crippen LogP contribution in [0.2, 0.25) is 5.02 Å². The highest BCUT2D eigenvalue weighted by atomic mass is 35.5. The first-order chi connectivity index (χ1) is 10.5. The molecule has 0 unspecified atom stereocenters.